The lowest BCUT2D eigenvalue weighted by Gasteiger charge is -2.30. The van der Waals surface area contributed by atoms with Crippen molar-refractivity contribution >= 4 is 28.9 Å². The van der Waals surface area contributed by atoms with Gasteiger partial charge in [0.15, 0.2) is 5.11 Å². The summed E-state index contributed by atoms with van der Waals surface area (Å²) in [6, 6.07) is 11.1. The molecular formula is C18H15F2N3OS. The summed E-state index contributed by atoms with van der Waals surface area (Å²) in [4.78, 5) is 12.8. The Hall–Kier alpha value is -2.80. The number of hydrogen-bond donors (Lipinski definition) is 3. The van der Waals surface area contributed by atoms with Crippen molar-refractivity contribution in [1.82, 2.24) is 10.6 Å². The first-order valence-corrected chi connectivity index (χ1v) is 7.96. The van der Waals surface area contributed by atoms with Crippen molar-refractivity contribution < 1.29 is 13.6 Å². The fraction of sp³-hybridized carbons (Fsp3) is 0.111. The van der Waals surface area contributed by atoms with Gasteiger partial charge in [-0.25, -0.2) is 8.78 Å². The molecule has 0 unspecified atom stereocenters. The Balaban J connectivity index is 1.96. The lowest BCUT2D eigenvalue weighted by Crippen LogP contribution is -2.45. The Kier molecular flexibility index (Phi) is 4.76. The summed E-state index contributed by atoms with van der Waals surface area (Å²) in [6.45, 7) is 1.71. The number of nitrogens with one attached hydrogen (secondary N) is 3. The van der Waals surface area contributed by atoms with Gasteiger partial charge in [0.25, 0.3) is 5.91 Å². The minimum Gasteiger partial charge on any atom is -0.351 e. The first kappa shape index (κ1) is 17.0. The van der Waals surface area contributed by atoms with Crippen LogP contribution in [0.1, 0.15) is 18.5 Å². The minimum absolute atomic E-state index is 0.0822. The van der Waals surface area contributed by atoms with Gasteiger partial charge in [-0.2, -0.15) is 0 Å². The molecule has 0 fully saturated rings. The highest BCUT2D eigenvalue weighted by Gasteiger charge is 2.30. The summed E-state index contributed by atoms with van der Waals surface area (Å²) < 4.78 is 27.0. The number of amides is 1. The van der Waals surface area contributed by atoms with Crippen LogP contribution in [-0.4, -0.2) is 11.0 Å². The Bertz CT molecular complexity index is 865. The number of anilines is 1. The summed E-state index contributed by atoms with van der Waals surface area (Å²) in [5, 5.41) is 8.82. The molecule has 0 radical (unpaired) electrons. The number of thiocarbonyl (C=S) groups is 1. The molecule has 0 saturated carbocycles. The van der Waals surface area contributed by atoms with Gasteiger partial charge in [-0.15, -0.1) is 0 Å². The summed E-state index contributed by atoms with van der Waals surface area (Å²) in [7, 11) is 0. The second-order valence-electron chi connectivity index (χ2n) is 5.56. The van der Waals surface area contributed by atoms with E-state index in [1.807, 2.05) is 0 Å². The zero-order chi connectivity index (χ0) is 18.0. The van der Waals surface area contributed by atoms with E-state index < -0.39 is 17.8 Å². The predicted octanol–water partition coefficient (Wildman–Crippen LogP) is 3.40. The number of benzene rings is 2. The highest BCUT2D eigenvalue weighted by molar-refractivity contribution is 7.80. The molecule has 4 nitrogen and oxygen atoms in total. The molecule has 25 heavy (non-hydrogen) atoms. The zero-order valence-corrected chi connectivity index (χ0v) is 14.1. The van der Waals surface area contributed by atoms with Crippen LogP contribution in [0.4, 0.5) is 14.5 Å². The smallest absolute Gasteiger partial charge is 0.255 e. The lowest BCUT2D eigenvalue weighted by molar-refractivity contribution is -0.113. The first-order valence-electron chi connectivity index (χ1n) is 7.55. The van der Waals surface area contributed by atoms with Crippen molar-refractivity contribution in [1.29, 1.82) is 0 Å². The summed E-state index contributed by atoms with van der Waals surface area (Å²) in [5.74, 6) is -1.38. The van der Waals surface area contributed by atoms with Gasteiger partial charge in [-0.3, -0.25) is 4.79 Å². The van der Waals surface area contributed by atoms with E-state index in [9.17, 15) is 13.6 Å². The summed E-state index contributed by atoms with van der Waals surface area (Å²) in [5.41, 5.74) is 1.65. The Labute approximate surface area is 148 Å². The van der Waals surface area contributed by atoms with Crippen LogP contribution >= 0.6 is 12.2 Å². The number of allylic oxidation sites excluding steroid dienone is 1. The molecule has 3 rings (SSSR count). The van der Waals surface area contributed by atoms with Gasteiger partial charge in [0.2, 0.25) is 0 Å². The SMILES string of the molecule is CC1=C(C(=O)Nc2ccccc2F)[C@@H](c2ccc(F)cc2)NC(=S)N1. The molecule has 3 N–H and O–H groups in total. The first-order chi connectivity index (χ1) is 12.0. The van der Waals surface area contributed by atoms with Crippen molar-refractivity contribution in [3.8, 4) is 0 Å². The highest BCUT2D eigenvalue weighted by atomic mass is 32.1. The van der Waals surface area contributed by atoms with Crippen LogP contribution in [0.3, 0.4) is 0 Å². The molecule has 1 heterocycles. The maximum Gasteiger partial charge on any atom is 0.255 e. The van der Waals surface area contributed by atoms with Gasteiger partial charge in [0.1, 0.15) is 11.6 Å². The zero-order valence-electron chi connectivity index (χ0n) is 13.3. The van der Waals surface area contributed by atoms with Crippen LogP contribution in [0, 0.1) is 11.6 Å². The Morgan fingerprint density at radius 2 is 1.80 bits per heavy atom. The fourth-order valence-electron chi connectivity index (χ4n) is 2.65. The maximum absolute atomic E-state index is 13.8. The normalized spacial score (nSPS) is 16.9. The molecule has 2 aromatic carbocycles. The van der Waals surface area contributed by atoms with Crippen LogP contribution < -0.4 is 16.0 Å². The quantitative estimate of drug-likeness (QED) is 0.736. The topological polar surface area (TPSA) is 53.2 Å². The van der Waals surface area contributed by atoms with Gasteiger partial charge in [-0.1, -0.05) is 24.3 Å². The Morgan fingerprint density at radius 1 is 1.12 bits per heavy atom. The molecule has 0 bridgehead atoms. The average Bonchev–Trinajstić information content (AvgIpc) is 2.57. The van der Waals surface area contributed by atoms with Crippen molar-refractivity contribution in [3.05, 3.63) is 77.0 Å². The van der Waals surface area contributed by atoms with E-state index in [-0.39, 0.29) is 11.5 Å². The van der Waals surface area contributed by atoms with Crippen LogP contribution in [0.15, 0.2) is 59.8 Å². The van der Waals surface area contributed by atoms with Crippen LogP contribution in [0.5, 0.6) is 0 Å². The third-order valence-corrected chi connectivity index (χ3v) is 4.06. The van der Waals surface area contributed by atoms with Crippen LogP contribution in [0.2, 0.25) is 0 Å². The fourth-order valence-corrected chi connectivity index (χ4v) is 2.92. The van der Waals surface area contributed by atoms with Crippen molar-refractivity contribution in [2.45, 2.75) is 13.0 Å². The van der Waals surface area contributed by atoms with E-state index in [0.717, 1.165) is 0 Å². The number of hydrogen-bond acceptors (Lipinski definition) is 2. The van der Waals surface area contributed by atoms with Gasteiger partial charge in [0, 0.05) is 5.70 Å². The number of para-hydroxylation sites is 1. The molecule has 2 aromatic rings. The summed E-state index contributed by atoms with van der Waals surface area (Å²) >= 11 is 5.15. The number of rotatable bonds is 3. The molecule has 0 spiro atoms. The van der Waals surface area contributed by atoms with E-state index in [1.54, 1.807) is 31.2 Å². The van der Waals surface area contributed by atoms with E-state index in [4.69, 9.17) is 12.2 Å². The molecule has 0 saturated heterocycles. The van der Waals surface area contributed by atoms with E-state index in [2.05, 4.69) is 16.0 Å². The average molecular weight is 359 g/mol. The molecule has 1 atom stereocenters. The third kappa shape index (κ3) is 3.66. The van der Waals surface area contributed by atoms with E-state index >= 15 is 0 Å². The molecule has 1 amide bonds. The maximum atomic E-state index is 13.8. The predicted molar refractivity (Wildman–Crippen MR) is 95.7 cm³/mol. The van der Waals surface area contributed by atoms with Crippen molar-refractivity contribution in [2.75, 3.05) is 5.32 Å². The second kappa shape index (κ2) is 6.98. The van der Waals surface area contributed by atoms with Gasteiger partial charge >= 0.3 is 0 Å². The summed E-state index contributed by atoms with van der Waals surface area (Å²) in [6.07, 6.45) is 0. The number of halogens is 2. The minimum atomic E-state index is -0.568. The second-order valence-corrected chi connectivity index (χ2v) is 5.96. The van der Waals surface area contributed by atoms with Gasteiger partial charge in [-0.05, 0) is 49.0 Å². The standard InChI is InChI=1S/C18H15F2N3OS/c1-10-15(17(24)22-14-5-3-2-4-13(14)20)16(23-18(25)21-10)11-6-8-12(19)9-7-11/h2-9,16H,1H3,(H,22,24)(H2,21,23,25)/t16-/m1/s1. The number of carbonyl (C=O) groups is 1. The van der Waals surface area contributed by atoms with Crippen molar-refractivity contribution in [2.24, 2.45) is 0 Å². The molecule has 1 aliphatic heterocycles. The lowest BCUT2D eigenvalue weighted by atomic mass is 9.95. The largest absolute Gasteiger partial charge is 0.351 e. The molecule has 7 heteroatoms. The van der Waals surface area contributed by atoms with Crippen molar-refractivity contribution in [3.63, 3.8) is 0 Å². The van der Waals surface area contributed by atoms with Gasteiger partial charge < -0.3 is 16.0 Å². The van der Waals surface area contributed by atoms with E-state index in [0.29, 0.717) is 21.9 Å². The molecule has 0 aliphatic carbocycles. The van der Waals surface area contributed by atoms with Gasteiger partial charge in [0.05, 0.1) is 17.3 Å². The van der Waals surface area contributed by atoms with Crippen LogP contribution in [0.25, 0.3) is 0 Å². The Morgan fingerprint density at radius 3 is 2.48 bits per heavy atom. The molecular weight excluding hydrogens is 344 g/mol. The molecule has 1 aliphatic rings. The monoisotopic (exact) mass is 359 g/mol. The molecule has 128 valence electrons. The molecule has 0 aromatic heterocycles. The van der Waals surface area contributed by atoms with E-state index in [1.165, 1.54) is 24.3 Å². The highest BCUT2D eigenvalue weighted by Crippen LogP contribution is 2.28. The third-order valence-electron chi connectivity index (χ3n) is 3.84. The number of carbonyl (C=O) groups excluding carboxylic acids is 1. The van der Waals surface area contributed by atoms with Crippen LogP contribution in [-0.2, 0) is 4.79 Å².